The van der Waals surface area contributed by atoms with Gasteiger partial charge in [0.05, 0.1) is 19.1 Å². The molecule has 1 aromatic rings. The Morgan fingerprint density at radius 2 is 1.69 bits per heavy atom. The molecule has 1 aliphatic heterocycles. The van der Waals surface area contributed by atoms with Crippen LogP contribution in [0.4, 0.5) is 0 Å². The molecule has 2 rings (SSSR count). The van der Waals surface area contributed by atoms with E-state index in [0.717, 1.165) is 0 Å². The highest BCUT2D eigenvalue weighted by Gasteiger charge is 2.33. The minimum Gasteiger partial charge on any atom is -0.493 e. The van der Waals surface area contributed by atoms with Gasteiger partial charge in [0, 0.05) is 30.6 Å². The van der Waals surface area contributed by atoms with Gasteiger partial charge in [-0.25, -0.2) is 8.42 Å². The van der Waals surface area contributed by atoms with Crippen LogP contribution < -0.4 is 14.8 Å². The second-order valence-electron chi connectivity index (χ2n) is 7.43. The van der Waals surface area contributed by atoms with E-state index in [4.69, 9.17) is 9.47 Å². The van der Waals surface area contributed by atoms with Crippen molar-refractivity contribution in [2.24, 2.45) is 5.92 Å². The summed E-state index contributed by atoms with van der Waals surface area (Å²) >= 11 is 0. The molecule has 8 heteroatoms. The van der Waals surface area contributed by atoms with Crippen LogP contribution in [0.15, 0.2) is 23.1 Å². The van der Waals surface area contributed by atoms with Gasteiger partial charge in [0.25, 0.3) is 0 Å². The molecule has 0 saturated carbocycles. The summed E-state index contributed by atoms with van der Waals surface area (Å²) in [5.41, 5.74) is -0.292. The Kier molecular flexibility index (Phi) is 6.18. The number of piperidine rings is 1. The van der Waals surface area contributed by atoms with E-state index in [9.17, 15) is 13.2 Å². The van der Waals surface area contributed by atoms with Crippen molar-refractivity contribution in [3.05, 3.63) is 18.2 Å². The normalized spacial score (nSPS) is 17.0. The van der Waals surface area contributed by atoms with Crippen molar-refractivity contribution >= 4 is 15.9 Å². The van der Waals surface area contributed by atoms with Crippen LogP contribution in [0.2, 0.25) is 0 Å². The molecule has 0 aromatic heterocycles. The summed E-state index contributed by atoms with van der Waals surface area (Å²) in [5, 5.41) is 2.96. The second-order valence-corrected chi connectivity index (χ2v) is 9.37. The lowest BCUT2D eigenvalue weighted by Crippen LogP contribution is -2.47. The summed E-state index contributed by atoms with van der Waals surface area (Å²) < 4.78 is 37.5. The Morgan fingerprint density at radius 1 is 1.12 bits per heavy atom. The fourth-order valence-corrected chi connectivity index (χ4v) is 4.44. The van der Waals surface area contributed by atoms with Gasteiger partial charge in [0.15, 0.2) is 11.5 Å². The lowest BCUT2D eigenvalue weighted by atomic mass is 9.96. The highest BCUT2D eigenvalue weighted by atomic mass is 32.2. The summed E-state index contributed by atoms with van der Waals surface area (Å²) in [6.07, 6.45) is 1.02. The number of hydrogen-bond acceptors (Lipinski definition) is 5. The number of hydrogen-bond donors (Lipinski definition) is 1. The molecule has 1 fully saturated rings. The summed E-state index contributed by atoms with van der Waals surface area (Å²) in [6, 6.07) is 4.55. The molecule has 1 heterocycles. The third-order valence-corrected chi connectivity index (χ3v) is 6.21. The average Bonchev–Trinajstić information content (AvgIpc) is 2.59. The fourth-order valence-electron chi connectivity index (χ4n) is 2.96. The van der Waals surface area contributed by atoms with E-state index in [2.05, 4.69) is 5.32 Å². The van der Waals surface area contributed by atoms with Crippen LogP contribution in [0, 0.1) is 5.92 Å². The number of ether oxygens (including phenoxy) is 2. The van der Waals surface area contributed by atoms with Gasteiger partial charge >= 0.3 is 0 Å². The topological polar surface area (TPSA) is 84.9 Å². The summed E-state index contributed by atoms with van der Waals surface area (Å²) in [7, 11) is -0.673. The van der Waals surface area contributed by atoms with Gasteiger partial charge in [0.2, 0.25) is 15.9 Å². The molecular formula is C18H28N2O5S. The molecule has 146 valence electrons. The molecule has 1 N–H and O–H groups in total. The number of nitrogens with one attached hydrogen (secondary N) is 1. The van der Waals surface area contributed by atoms with Crippen LogP contribution in [0.5, 0.6) is 11.5 Å². The maximum atomic E-state index is 12.9. The molecule has 0 aliphatic carbocycles. The van der Waals surface area contributed by atoms with E-state index in [1.165, 1.54) is 30.7 Å². The quantitative estimate of drug-likeness (QED) is 0.839. The molecule has 7 nitrogen and oxygen atoms in total. The van der Waals surface area contributed by atoms with E-state index in [-0.39, 0.29) is 22.3 Å². The summed E-state index contributed by atoms with van der Waals surface area (Å²) in [6.45, 7) is 6.43. The predicted molar refractivity (Wildman–Crippen MR) is 98.9 cm³/mol. The van der Waals surface area contributed by atoms with E-state index in [1.54, 1.807) is 6.07 Å². The van der Waals surface area contributed by atoms with Crippen molar-refractivity contribution < 1.29 is 22.7 Å². The van der Waals surface area contributed by atoms with E-state index in [1.807, 2.05) is 20.8 Å². The van der Waals surface area contributed by atoms with Crippen LogP contribution in [-0.4, -0.2) is 51.5 Å². The SMILES string of the molecule is COc1ccc(S(=O)(=O)N2CCC(C(=O)NC(C)(C)C)CC2)cc1OC. The largest absolute Gasteiger partial charge is 0.493 e. The molecule has 0 radical (unpaired) electrons. The lowest BCUT2D eigenvalue weighted by molar-refractivity contribution is -0.127. The van der Waals surface area contributed by atoms with Gasteiger partial charge in [-0.1, -0.05) is 0 Å². The van der Waals surface area contributed by atoms with Crippen molar-refractivity contribution in [1.82, 2.24) is 9.62 Å². The number of sulfonamides is 1. The predicted octanol–water partition coefficient (Wildman–Crippen LogP) is 2.02. The number of benzene rings is 1. The third kappa shape index (κ3) is 4.67. The van der Waals surface area contributed by atoms with Crippen LogP contribution in [0.3, 0.4) is 0 Å². The van der Waals surface area contributed by atoms with Crippen molar-refractivity contribution in [1.29, 1.82) is 0 Å². The van der Waals surface area contributed by atoms with Crippen molar-refractivity contribution in [3.8, 4) is 11.5 Å². The first-order valence-electron chi connectivity index (χ1n) is 8.62. The molecule has 1 saturated heterocycles. The minimum absolute atomic E-state index is 0.0133. The van der Waals surface area contributed by atoms with Crippen LogP contribution in [0.1, 0.15) is 33.6 Å². The van der Waals surface area contributed by atoms with Gasteiger partial charge in [-0.15, -0.1) is 0 Å². The first kappa shape index (κ1) is 20.5. The molecule has 0 unspecified atom stereocenters. The second kappa shape index (κ2) is 7.84. The van der Waals surface area contributed by atoms with Crippen molar-refractivity contribution in [2.75, 3.05) is 27.3 Å². The van der Waals surface area contributed by atoms with Crippen LogP contribution in [0.25, 0.3) is 0 Å². The lowest BCUT2D eigenvalue weighted by Gasteiger charge is -2.32. The highest BCUT2D eigenvalue weighted by Crippen LogP contribution is 2.32. The summed E-state index contributed by atoms with van der Waals surface area (Å²) in [4.78, 5) is 12.4. The van der Waals surface area contributed by atoms with Gasteiger partial charge in [-0.3, -0.25) is 4.79 Å². The third-order valence-electron chi connectivity index (χ3n) is 4.32. The molecule has 0 bridgehead atoms. The highest BCUT2D eigenvalue weighted by molar-refractivity contribution is 7.89. The number of carbonyl (C=O) groups excluding carboxylic acids is 1. The molecule has 1 amide bonds. The maximum Gasteiger partial charge on any atom is 0.243 e. The molecular weight excluding hydrogens is 356 g/mol. The Balaban J connectivity index is 2.09. The standard InChI is InChI=1S/C18H28N2O5S/c1-18(2,3)19-17(21)13-8-10-20(11-9-13)26(22,23)14-6-7-15(24-4)16(12-14)25-5/h6-7,12-13H,8-11H2,1-5H3,(H,19,21). The smallest absolute Gasteiger partial charge is 0.243 e. The van der Waals surface area contributed by atoms with Crippen molar-refractivity contribution in [3.63, 3.8) is 0 Å². The van der Waals surface area contributed by atoms with E-state index < -0.39 is 10.0 Å². The molecule has 0 atom stereocenters. The minimum atomic E-state index is -3.64. The molecule has 0 spiro atoms. The van der Waals surface area contributed by atoms with Gasteiger partial charge in [-0.2, -0.15) is 4.31 Å². The van der Waals surface area contributed by atoms with E-state index in [0.29, 0.717) is 37.4 Å². The monoisotopic (exact) mass is 384 g/mol. The van der Waals surface area contributed by atoms with Crippen molar-refractivity contribution in [2.45, 2.75) is 44.0 Å². The number of carbonyl (C=O) groups is 1. The average molecular weight is 384 g/mol. The Labute approximate surface area is 155 Å². The van der Waals surface area contributed by atoms with Crippen LogP contribution >= 0.6 is 0 Å². The Bertz CT molecular complexity index is 747. The van der Waals surface area contributed by atoms with Gasteiger partial charge in [0.1, 0.15) is 0 Å². The first-order valence-corrected chi connectivity index (χ1v) is 10.1. The number of rotatable bonds is 5. The molecule has 26 heavy (non-hydrogen) atoms. The number of amides is 1. The number of methoxy groups -OCH3 is 2. The molecule has 1 aliphatic rings. The van der Waals surface area contributed by atoms with E-state index >= 15 is 0 Å². The maximum absolute atomic E-state index is 12.9. The van der Waals surface area contributed by atoms with Gasteiger partial charge in [-0.05, 0) is 45.7 Å². The zero-order chi connectivity index (χ0) is 19.5. The fraction of sp³-hybridized carbons (Fsp3) is 0.611. The van der Waals surface area contributed by atoms with Crippen LogP contribution in [-0.2, 0) is 14.8 Å². The number of nitrogens with zero attached hydrogens (tertiary/aromatic N) is 1. The van der Waals surface area contributed by atoms with Gasteiger partial charge < -0.3 is 14.8 Å². The molecule has 1 aromatic carbocycles. The zero-order valence-corrected chi connectivity index (χ0v) is 16.9. The summed E-state index contributed by atoms with van der Waals surface area (Å²) in [5.74, 6) is 0.670. The first-order chi connectivity index (χ1) is 12.1. The Hall–Kier alpha value is -1.80. The zero-order valence-electron chi connectivity index (χ0n) is 16.0. The Morgan fingerprint density at radius 3 is 2.19 bits per heavy atom.